The van der Waals surface area contributed by atoms with Crippen LogP contribution < -0.4 is 5.69 Å². The zero-order chi connectivity index (χ0) is 15.3. The zero-order valence-corrected chi connectivity index (χ0v) is 10.7. The summed E-state index contributed by atoms with van der Waals surface area (Å²) in [6, 6.07) is 4.19. The number of aryl methyl sites for hydroxylation is 1. The fourth-order valence-electron chi connectivity index (χ4n) is 2.20. The molecule has 0 unspecified atom stereocenters. The van der Waals surface area contributed by atoms with Crippen molar-refractivity contribution >= 4 is 11.0 Å². The molecule has 0 aliphatic rings. The third-order valence-electron chi connectivity index (χ3n) is 3.15. The summed E-state index contributed by atoms with van der Waals surface area (Å²) in [6.07, 6.45) is 0. The average Bonchev–Trinajstić information content (AvgIpc) is 2.75. The first-order valence-corrected chi connectivity index (χ1v) is 5.95. The van der Waals surface area contributed by atoms with Crippen LogP contribution in [-0.2, 0) is 0 Å². The van der Waals surface area contributed by atoms with E-state index in [0.29, 0.717) is 16.2 Å². The first-order valence-electron chi connectivity index (χ1n) is 5.95. The van der Waals surface area contributed by atoms with Gasteiger partial charge in [-0.1, -0.05) is 6.07 Å². The SMILES string of the molecule is Cc1ccc(-n2c(=O)[nH]c3c(F)cc(F)c(F)c32)c(F)c1. The Morgan fingerprint density at radius 3 is 2.38 bits per heavy atom. The van der Waals surface area contributed by atoms with Gasteiger partial charge in [-0.25, -0.2) is 22.4 Å². The van der Waals surface area contributed by atoms with Crippen molar-refractivity contribution in [2.75, 3.05) is 0 Å². The predicted octanol–water partition coefficient (Wildman–Crippen LogP) is 3.18. The van der Waals surface area contributed by atoms with Gasteiger partial charge >= 0.3 is 5.69 Å². The van der Waals surface area contributed by atoms with Crippen molar-refractivity contribution in [3.63, 3.8) is 0 Å². The minimum absolute atomic E-state index is 0.291. The van der Waals surface area contributed by atoms with E-state index in [-0.39, 0.29) is 5.69 Å². The van der Waals surface area contributed by atoms with E-state index in [1.807, 2.05) is 0 Å². The Kier molecular flexibility index (Phi) is 2.86. The standard InChI is InChI=1S/C14H8F4N2O/c1-6-2-3-10(7(15)4-6)20-13-11(18)8(16)5-9(17)12(13)19-14(20)21/h2-5H,1H3,(H,19,21). The number of rotatable bonds is 1. The van der Waals surface area contributed by atoms with Gasteiger partial charge in [-0.15, -0.1) is 0 Å². The number of imidazole rings is 1. The summed E-state index contributed by atoms with van der Waals surface area (Å²) in [7, 11) is 0. The molecule has 3 nitrogen and oxygen atoms in total. The molecule has 0 spiro atoms. The quantitative estimate of drug-likeness (QED) is 0.543. The summed E-state index contributed by atoms with van der Waals surface area (Å²) in [5.74, 6) is -4.82. The monoisotopic (exact) mass is 296 g/mol. The number of hydrogen-bond donors (Lipinski definition) is 1. The number of fused-ring (bicyclic) bond motifs is 1. The van der Waals surface area contributed by atoms with Crippen LogP contribution in [0.5, 0.6) is 0 Å². The molecule has 0 amide bonds. The lowest BCUT2D eigenvalue weighted by molar-refractivity contribution is 0.502. The van der Waals surface area contributed by atoms with Crippen molar-refractivity contribution < 1.29 is 17.6 Å². The fourth-order valence-corrected chi connectivity index (χ4v) is 2.20. The van der Waals surface area contributed by atoms with Gasteiger partial charge in [0.15, 0.2) is 17.5 Å². The summed E-state index contributed by atoms with van der Waals surface area (Å²) in [6.45, 7) is 1.63. The zero-order valence-electron chi connectivity index (χ0n) is 10.7. The molecule has 0 radical (unpaired) electrons. The first kappa shape index (κ1) is 13.4. The molecule has 0 aliphatic carbocycles. The molecular weight excluding hydrogens is 288 g/mol. The molecule has 3 aromatic rings. The van der Waals surface area contributed by atoms with Crippen LogP contribution in [0.25, 0.3) is 16.7 Å². The molecule has 1 N–H and O–H groups in total. The topological polar surface area (TPSA) is 37.8 Å². The van der Waals surface area contributed by atoms with Gasteiger partial charge in [-0.2, -0.15) is 0 Å². The van der Waals surface area contributed by atoms with Gasteiger partial charge in [-0.3, -0.25) is 4.57 Å². The Morgan fingerprint density at radius 2 is 1.71 bits per heavy atom. The van der Waals surface area contributed by atoms with E-state index in [0.717, 1.165) is 6.07 Å². The minimum atomic E-state index is -1.46. The van der Waals surface area contributed by atoms with Crippen molar-refractivity contribution in [1.29, 1.82) is 0 Å². The lowest BCUT2D eigenvalue weighted by atomic mass is 10.2. The number of nitrogens with zero attached hydrogens (tertiary/aromatic N) is 1. The van der Waals surface area contributed by atoms with E-state index in [1.54, 1.807) is 6.92 Å². The maximum absolute atomic E-state index is 14.0. The van der Waals surface area contributed by atoms with Crippen LogP contribution >= 0.6 is 0 Å². The van der Waals surface area contributed by atoms with Gasteiger partial charge in [0.2, 0.25) is 0 Å². The van der Waals surface area contributed by atoms with Crippen LogP contribution in [-0.4, -0.2) is 9.55 Å². The number of halogens is 4. The van der Waals surface area contributed by atoms with Crippen LogP contribution in [0.3, 0.4) is 0 Å². The highest BCUT2D eigenvalue weighted by Crippen LogP contribution is 2.25. The van der Waals surface area contributed by atoms with E-state index >= 15 is 0 Å². The number of nitrogens with one attached hydrogen (secondary N) is 1. The molecule has 0 bridgehead atoms. The third-order valence-corrected chi connectivity index (χ3v) is 3.15. The first-order chi connectivity index (χ1) is 9.90. The smallest absolute Gasteiger partial charge is 0.303 e. The molecule has 3 rings (SSSR count). The van der Waals surface area contributed by atoms with Crippen molar-refractivity contribution in [2.24, 2.45) is 0 Å². The van der Waals surface area contributed by atoms with Gasteiger partial charge in [-0.05, 0) is 24.6 Å². The van der Waals surface area contributed by atoms with Gasteiger partial charge in [0, 0.05) is 6.07 Å². The summed E-state index contributed by atoms with van der Waals surface area (Å²) in [5.41, 5.74) is -1.85. The Hall–Kier alpha value is -2.57. The Balaban J connectivity index is 2.48. The molecule has 0 atom stereocenters. The second-order valence-electron chi connectivity index (χ2n) is 4.60. The molecule has 0 saturated heterocycles. The van der Waals surface area contributed by atoms with E-state index in [9.17, 15) is 22.4 Å². The lowest BCUT2D eigenvalue weighted by Gasteiger charge is -2.07. The van der Waals surface area contributed by atoms with Crippen molar-refractivity contribution in [3.05, 3.63) is 63.6 Å². The number of aromatic amines is 1. The minimum Gasteiger partial charge on any atom is -0.303 e. The van der Waals surface area contributed by atoms with E-state index in [2.05, 4.69) is 4.98 Å². The molecule has 0 aliphatic heterocycles. The number of benzene rings is 2. The van der Waals surface area contributed by atoms with E-state index < -0.39 is 40.0 Å². The highest BCUT2D eigenvalue weighted by molar-refractivity contribution is 5.78. The van der Waals surface area contributed by atoms with Crippen LogP contribution in [0.2, 0.25) is 0 Å². The molecular formula is C14H8F4N2O. The molecule has 7 heteroatoms. The van der Waals surface area contributed by atoms with Gasteiger partial charge < -0.3 is 4.98 Å². The van der Waals surface area contributed by atoms with Crippen molar-refractivity contribution in [1.82, 2.24) is 9.55 Å². The third kappa shape index (κ3) is 1.93. The van der Waals surface area contributed by atoms with Crippen LogP contribution in [0.4, 0.5) is 17.6 Å². The molecule has 0 saturated carbocycles. The molecule has 1 aromatic heterocycles. The summed E-state index contributed by atoms with van der Waals surface area (Å²) < 4.78 is 55.4. The maximum atomic E-state index is 14.0. The summed E-state index contributed by atoms with van der Waals surface area (Å²) in [5, 5.41) is 0. The average molecular weight is 296 g/mol. The van der Waals surface area contributed by atoms with Crippen LogP contribution in [0.1, 0.15) is 5.56 Å². The van der Waals surface area contributed by atoms with Gasteiger partial charge in [0.25, 0.3) is 0 Å². The molecule has 1 heterocycles. The summed E-state index contributed by atoms with van der Waals surface area (Å²) in [4.78, 5) is 13.9. The number of H-pyrrole nitrogens is 1. The predicted molar refractivity (Wildman–Crippen MR) is 68.5 cm³/mol. The highest BCUT2D eigenvalue weighted by atomic mass is 19.2. The Labute approximate surface area is 115 Å². The van der Waals surface area contributed by atoms with E-state index in [4.69, 9.17) is 0 Å². The molecule has 21 heavy (non-hydrogen) atoms. The van der Waals surface area contributed by atoms with Crippen molar-refractivity contribution in [3.8, 4) is 5.69 Å². The Bertz CT molecular complexity index is 927. The van der Waals surface area contributed by atoms with Gasteiger partial charge in [0.1, 0.15) is 16.9 Å². The normalized spacial score (nSPS) is 11.3. The molecule has 0 fully saturated rings. The molecule has 108 valence electrons. The second kappa shape index (κ2) is 4.47. The van der Waals surface area contributed by atoms with Gasteiger partial charge in [0.05, 0.1) is 5.69 Å². The number of aromatic nitrogens is 2. The largest absolute Gasteiger partial charge is 0.331 e. The maximum Gasteiger partial charge on any atom is 0.331 e. The van der Waals surface area contributed by atoms with E-state index in [1.165, 1.54) is 12.1 Å². The second-order valence-corrected chi connectivity index (χ2v) is 4.60. The number of hydrogen-bond acceptors (Lipinski definition) is 1. The molecule has 2 aromatic carbocycles. The van der Waals surface area contributed by atoms with Crippen LogP contribution in [0, 0.1) is 30.2 Å². The lowest BCUT2D eigenvalue weighted by Crippen LogP contribution is -2.16. The van der Waals surface area contributed by atoms with Crippen LogP contribution in [0.15, 0.2) is 29.1 Å². The fraction of sp³-hybridized carbons (Fsp3) is 0.0714. The Morgan fingerprint density at radius 1 is 1.00 bits per heavy atom. The van der Waals surface area contributed by atoms with Crippen molar-refractivity contribution in [2.45, 2.75) is 6.92 Å². The summed E-state index contributed by atoms with van der Waals surface area (Å²) >= 11 is 0. The highest BCUT2D eigenvalue weighted by Gasteiger charge is 2.21.